The lowest BCUT2D eigenvalue weighted by Gasteiger charge is -2.07. The van der Waals surface area contributed by atoms with Crippen molar-refractivity contribution in [2.24, 2.45) is 0 Å². The summed E-state index contributed by atoms with van der Waals surface area (Å²) in [5, 5.41) is 2.58. The Morgan fingerprint density at radius 2 is 1.82 bits per heavy atom. The first-order chi connectivity index (χ1) is 8.06. The number of hydrogen-bond donors (Lipinski definition) is 1. The average molecular weight is 350 g/mol. The van der Waals surface area contributed by atoms with Crippen LogP contribution in [0.4, 0.5) is 24.7 Å². The third kappa shape index (κ3) is 2.87. The van der Waals surface area contributed by atoms with Crippen LogP contribution in [0, 0.1) is 21.2 Å². The van der Waals surface area contributed by atoms with E-state index in [1.165, 1.54) is 0 Å². The first-order valence-corrected chi connectivity index (χ1v) is 5.68. The van der Waals surface area contributed by atoms with E-state index in [0.717, 1.165) is 3.57 Å². The molecule has 0 spiro atoms. The summed E-state index contributed by atoms with van der Waals surface area (Å²) >= 11 is 2.08. The van der Waals surface area contributed by atoms with Crippen molar-refractivity contribution in [2.45, 2.75) is 0 Å². The van der Waals surface area contributed by atoms with Gasteiger partial charge in [0.05, 0.1) is 0 Å². The van der Waals surface area contributed by atoms with Gasteiger partial charge in [0.25, 0.3) is 5.95 Å². The lowest BCUT2D eigenvalue weighted by atomic mass is 10.3. The predicted molar refractivity (Wildman–Crippen MR) is 66.6 cm³/mol. The molecule has 0 aliphatic heterocycles. The molecule has 1 N–H and O–H groups in total. The monoisotopic (exact) mass is 350 g/mol. The Morgan fingerprint density at radius 1 is 1.06 bits per heavy atom. The van der Waals surface area contributed by atoms with Crippen LogP contribution in [0.2, 0.25) is 0 Å². The van der Waals surface area contributed by atoms with E-state index in [2.05, 4.69) is 32.9 Å². The maximum atomic E-state index is 13.3. The topological polar surface area (TPSA) is 24.9 Å². The smallest absolute Gasteiger partial charge is 0.251 e. The molecule has 1 aromatic heterocycles. The van der Waals surface area contributed by atoms with E-state index in [4.69, 9.17) is 0 Å². The molecule has 0 atom stereocenters. The Morgan fingerprint density at radius 3 is 2.53 bits per heavy atom. The van der Waals surface area contributed by atoms with Crippen LogP contribution in [0.1, 0.15) is 0 Å². The van der Waals surface area contributed by atoms with Crippen LogP contribution in [-0.4, -0.2) is 4.98 Å². The highest BCUT2D eigenvalue weighted by Crippen LogP contribution is 2.20. The summed E-state index contributed by atoms with van der Waals surface area (Å²) in [6.07, 6.45) is 0. The van der Waals surface area contributed by atoms with Crippen molar-refractivity contribution in [3.8, 4) is 0 Å². The van der Waals surface area contributed by atoms with Gasteiger partial charge in [0, 0.05) is 15.3 Å². The highest BCUT2D eigenvalue weighted by molar-refractivity contribution is 14.1. The number of pyridine rings is 1. The standard InChI is InChI=1S/C11H6F3IN2/c12-8-5-9(13)11(17-10(8)14)16-7-3-1-2-6(15)4-7/h1-5H,(H,16,17). The van der Waals surface area contributed by atoms with E-state index in [-0.39, 0.29) is 5.82 Å². The van der Waals surface area contributed by atoms with Crippen LogP contribution in [0.25, 0.3) is 0 Å². The van der Waals surface area contributed by atoms with Gasteiger partial charge in [0.1, 0.15) is 0 Å². The molecule has 0 amide bonds. The fraction of sp³-hybridized carbons (Fsp3) is 0. The zero-order valence-corrected chi connectivity index (χ0v) is 10.5. The zero-order valence-electron chi connectivity index (χ0n) is 8.35. The Hall–Kier alpha value is -1.31. The van der Waals surface area contributed by atoms with Gasteiger partial charge in [-0.1, -0.05) is 6.07 Å². The van der Waals surface area contributed by atoms with Crippen molar-refractivity contribution < 1.29 is 13.2 Å². The summed E-state index contributed by atoms with van der Waals surface area (Å²) in [5.41, 5.74) is 0.550. The molecule has 0 aliphatic carbocycles. The van der Waals surface area contributed by atoms with E-state index >= 15 is 0 Å². The molecule has 88 valence electrons. The quantitative estimate of drug-likeness (QED) is 0.658. The second-order valence-corrected chi connectivity index (χ2v) is 4.47. The summed E-state index contributed by atoms with van der Waals surface area (Å²) in [6.45, 7) is 0. The maximum Gasteiger partial charge on any atom is 0.251 e. The first-order valence-electron chi connectivity index (χ1n) is 4.60. The van der Waals surface area contributed by atoms with Gasteiger partial charge >= 0.3 is 0 Å². The van der Waals surface area contributed by atoms with Crippen molar-refractivity contribution >= 4 is 34.1 Å². The molecule has 1 heterocycles. The maximum absolute atomic E-state index is 13.3. The highest BCUT2D eigenvalue weighted by Gasteiger charge is 2.11. The Kier molecular flexibility index (Phi) is 3.51. The van der Waals surface area contributed by atoms with Crippen molar-refractivity contribution in [1.82, 2.24) is 4.98 Å². The molecule has 2 nitrogen and oxygen atoms in total. The molecule has 1 aromatic carbocycles. The highest BCUT2D eigenvalue weighted by atomic mass is 127. The molecule has 2 rings (SSSR count). The molecule has 0 bridgehead atoms. The van der Waals surface area contributed by atoms with E-state index in [1.54, 1.807) is 18.2 Å². The third-order valence-electron chi connectivity index (χ3n) is 1.97. The second kappa shape index (κ2) is 4.91. The number of halogens is 4. The summed E-state index contributed by atoms with van der Waals surface area (Å²) in [7, 11) is 0. The minimum atomic E-state index is -1.33. The van der Waals surface area contributed by atoms with Crippen LogP contribution < -0.4 is 5.32 Å². The van der Waals surface area contributed by atoms with Gasteiger partial charge in [-0.3, -0.25) is 0 Å². The molecule has 0 unspecified atom stereocenters. The van der Waals surface area contributed by atoms with Gasteiger partial charge in [-0.15, -0.1) is 0 Å². The number of nitrogens with one attached hydrogen (secondary N) is 1. The van der Waals surface area contributed by atoms with Gasteiger partial charge in [-0.2, -0.15) is 9.37 Å². The number of rotatable bonds is 2. The third-order valence-corrected chi connectivity index (χ3v) is 2.65. The second-order valence-electron chi connectivity index (χ2n) is 3.23. The van der Waals surface area contributed by atoms with E-state index < -0.39 is 17.6 Å². The van der Waals surface area contributed by atoms with Crippen LogP contribution in [-0.2, 0) is 0 Å². The number of aromatic nitrogens is 1. The molecule has 0 fully saturated rings. The molecule has 0 aliphatic rings. The number of benzene rings is 1. The van der Waals surface area contributed by atoms with E-state index in [1.807, 2.05) is 6.07 Å². The minimum absolute atomic E-state index is 0.342. The van der Waals surface area contributed by atoms with Gasteiger partial charge in [-0.25, -0.2) is 8.78 Å². The normalized spacial score (nSPS) is 10.4. The van der Waals surface area contributed by atoms with Gasteiger partial charge < -0.3 is 5.32 Å². The fourth-order valence-corrected chi connectivity index (χ4v) is 1.78. The predicted octanol–water partition coefficient (Wildman–Crippen LogP) is 3.85. The van der Waals surface area contributed by atoms with Gasteiger partial charge in [0.15, 0.2) is 17.5 Å². The lowest BCUT2D eigenvalue weighted by molar-refractivity contribution is 0.467. The Balaban J connectivity index is 2.33. The molecule has 2 aromatic rings. The summed E-state index contributed by atoms with van der Waals surface area (Å²) in [5.74, 6) is -3.93. The van der Waals surface area contributed by atoms with Crippen LogP contribution in [0.3, 0.4) is 0 Å². The average Bonchev–Trinajstić information content (AvgIpc) is 2.26. The Labute approximate surface area is 109 Å². The first kappa shape index (κ1) is 12.2. The van der Waals surface area contributed by atoms with Crippen molar-refractivity contribution in [2.75, 3.05) is 5.32 Å². The Bertz CT molecular complexity index is 560. The number of hydrogen-bond acceptors (Lipinski definition) is 2. The zero-order chi connectivity index (χ0) is 12.4. The lowest BCUT2D eigenvalue weighted by Crippen LogP contribution is -2.01. The summed E-state index contributed by atoms with van der Waals surface area (Å²) in [6, 6.07) is 7.45. The largest absolute Gasteiger partial charge is 0.338 e. The van der Waals surface area contributed by atoms with Crippen LogP contribution in [0.15, 0.2) is 30.3 Å². The van der Waals surface area contributed by atoms with Gasteiger partial charge in [-0.05, 0) is 40.8 Å². The molecule has 0 saturated heterocycles. The number of nitrogens with zero attached hydrogens (tertiary/aromatic N) is 1. The van der Waals surface area contributed by atoms with E-state index in [0.29, 0.717) is 11.8 Å². The molecule has 6 heteroatoms. The summed E-state index contributed by atoms with van der Waals surface area (Å²) < 4.78 is 39.7. The molecule has 17 heavy (non-hydrogen) atoms. The van der Waals surface area contributed by atoms with Crippen molar-refractivity contribution in [1.29, 1.82) is 0 Å². The molecular weight excluding hydrogens is 344 g/mol. The molecular formula is C11H6F3IN2. The van der Waals surface area contributed by atoms with E-state index in [9.17, 15) is 13.2 Å². The van der Waals surface area contributed by atoms with Crippen LogP contribution >= 0.6 is 22.6 Å². The summed E-state index contributed by atoms with van der Waals surface area (Å²) in [4.78, 5) is 3.17. The SMILES string of the molecule is Fc1cc(F)c(Nc2cccc(I)c2)nc1F. The van der Waals surface area contributed by atoms with Crippen LogP contribution in [0.5, 0.6) is 0 Å². The van der Waals surface area contributed by atoms with Crippen molar-refractivity contribution in [3.63, 3.8) is 0 Å². The van der Waals surface area contributed by atoms with Crippen molar-refractivity contribution in [3.05, 3.63) is 51.5 Å². The molecule has 0 saturated carbocycles. The minimum Gasteiger partial charge on any atom is -0.338 e. The van der Waals surface area contributed by atoms with Gasteiger partial charge in [0.2, 0.25) is 0 Å². The fourth-order valence-electron chi connectivity index (χ4n) is 1.23. The molecule has 0 radical (unpaired) electrons. The number of anilines is 2.